The predicted octanol–water partition coefficient (Wildman–Crippen LogP) is 1.66. The number of rotatable bonds is 9. The first-order valence-electron chi connectivity index (χ1n) is 8.39. The molecule has 0 radical (unpaired) electrons. The van der Waals surface area contributed by atoms with Gasteiger partial charge in [-0.1, -0.05) is 51.1 Å². The lowest BCUT2D eigenvalue weighted by molar-refractivity contribution is -0.128. The van der Waals surface area contributed by atoms with Crippen LogP contribution in [0.1, 0.15) is 39.2 Å². The minimum absolute atomic E-state index is 0.0145. The van der Waals surface area contributed by atoms with E-state index < -0.39 is 15.3 Å². The Labute approximate surface area is 150 Å². The van der Waals surface area contributed by atoms with Crippen molar-refractivity contribution in [3.63, 3.8) is 0 Å². The Balaban J connectivity index is 2.20. The predicted molar refractivity (Wildman–Crippen MR) is 98.6 cm³/mol. The number of nitrogens with one attached hydrogen (secondary N) is 2. The average molecular weight is 368 g/mol. The highest BCUT2D eigenvalue weighted by Crippen LogP contribution is 2.12. The molecule has 0 aliphatic carbocycles. The van der Waals surface area contributed by atoms with Gasteiger partial charge in [0.15, 0.2) is 9.84 Å². The summed E-state index contributed by atoms with van der Waals surface area (Å²) >= 11 is 0. The molecule has 0 aliphatic heterocycles. The fourth-order valence-corrected chi connectivity index (χ4v) is 3.49. The summed E-state index contributed by atoms with van der Waals surface area (Å²) in [6, 6.07) is 9.03. The van der Waals surface area contributed by atoms with E-state index in [9.17, 15) is 18.0 Å². The van der Waals surface area contributed by atoms with Crippen LogP contribution in [-0.4, -0.2) is 39.1 Å². The lowest BCUT2D eigenvalue weighted by atomic mass is 9.96. The quantitative estimate of drug-likeness (QED) is 0.649. The lowest BCUT2D eigenvalue weighted by Gasteiger charge is -2.17. The normalized spacial score (nSPS) is 11.8. The van der Waals surface area contributed by atoms with Crippen LogP contribution in [0.25, 0.3) is 0 Å². The summed E-state index contributed by atoms with van der Waals surface area (Å²) in [5, 5.41) is 5.38. The first-order chi connectivity index (χ1) is 11.6. The van der Waals surface area contributed by atoms with Crippen molar-refractivity contribution < 1.29 is 18.0 Å². The largest absolute Gasteiger partial charge is 0.356 e. The Kier molecular flexibility index (Phi) is 8.09. The van der Waals surface area contributed by atoms with E-state index in [0.717, 1.165) is 5.56 Å². The van der Waals surface area contributed by atoms with Gasteiger partial charge in [0.1, 0.15) is 0 Å². The molecule has 0 unspecified atom stereocenters. The van der Waals surface area contributed by atoms with Gasteiger partial charge in [-0.3, -0.25) is 9.59 Å². The molecule has 0 atom stereocenters. The molecule has 0 aliphatic rings. The van der Waals surface area contributed by atoms with Gasteiger partial charge in [-0.05, 0) is 12.0 Å². The van der Waals surface area contributed by atoms with E-state index in [0.29, 0.717) is 13.0 Å². The van der Waals surface area contributed by atoms with E-state index >= 15 is 0 Å². The van der Waals surface area contributed by atoms with Gasteiger partial charge < -0.3 is 10.6 Å². The van der Waals surface area contributed by atoms with E-state index in [1.165, 1.54) is 0 Å². The molecule has 1 rings (SSSR count). The zero-order valence-corrected chi connectivity index (χ0v) is 16.0. The summed E-state index contributed by atoms with van der Waals surface area (Å²) in [6.45, 7) is 5.99. The number of carbonyl (C=O) groups is 2. The first-order valence-corrected chi connectivity index (χ1v) is 10.2. The van der Waals surface area contributed by atoms with Crippen LogP contribution >= 0.6 is 0 Å². The van der Waals surface area contributed by atoms with Crippen LogP contribution in [0, 0.1) is 5.41 Å². The second-order valence-corrected chi connectivity index (χ2v) is 9.22. The third kappa shape index (κ3) is 9.24. The molecule has 140 valence electrons. The zero-order valence-electron chi connectivity index (χ0n) is 15.2. The maximum Gasteiger partial charge on any atom is 0.225 e. The van der Waals surface area contributed by atoms with Gasteiger partial charge in [-0.2, -0.15) is 0 Å². The van der Waals surface area contributed by atoms with E-state index in [4.69, 9.17) is 0 Å². The third-order valence-corrected chi connectivity index (χ3v) is 5.19. The van der Waals surface area contributed by atoms with Gasteiger partial charge in [0.2, 0.25) is 11.8 Å². The van der Waals surface area contributed by atoms with Crippen molar-refractivity contribution >= 4 is 21.7 Å². The molecule has 0 spiro atoms. The van der Waals surface area contributed by atoms with E-state index in [-0.39, 0.29) is 36.3 Å². The number of sulfone groups is 1. The third-order valence-electron chi connectivity index (χ3n) is 3.50. The fourth-order valence-electron chi connectivity index (χ4n) is 2.06. The van der Waals surface area contributed by atoms with E-state index in [1.807, 2.05) is 18.2 Å². The SMILES string of the molecule is CC(C)(C)C(=O)NCCC(=O)NCCCS(=O)(=O)Cc1ccccc1. The topological polar surface area (TPSA) is 92.3 Å². The van der Waals surface area contributed by atoms with Crippen LogP contribution in [-0.2, 0) is 25.2 Å². The highest BCUT2D eigenvalue weighted by atomic mass is 32.2. The monoisotopic (exact) mass is 368 g/mol. The molecule has 0 fully saturated rings. The van der Waals surface area contributed by atoms with Gasteiger partial charge in [0, 0.05) is 24.9 Å². The van der Waals surface area contributed by atoms with Gasteiger partial charge in [-0.15, -0.1) is 0 Å². The second-order valence-electron chi connectivity index (χ2n) is 7.04. The summed E-state index contributed by atoms with van der Waals surface area (Å²) in [5.74, 6) is -0.259. The van der Waals surface area contributed by atoms with E-state index in [2.05, 4.69) is 10.6 Å². The fraction of sp³-hybridized carbons (Fsp3) is 0.556. The van der Waals surface area contributed by atoms with Crippen molar-refractivity contribution in [2.45, 2.75) is 39.4 Å². The number of amides is 2. The standard InChI is InChI=1S/C18H28N2O4S/c1-18(2,3)17(22)20-12-10-16(21)19-11-7-13-25(23,24)14-15-8-5-4-6-9-15/h4-6,8-9H,7,10-14H2,1-3H3,(H,19,21)(H,20,22). The molecule has 0 aromatic heterocycles. The maximum absolute atomic E-state index is 12.0. The molecule has 0 heterocycles. The molecular weight excluding hydrogens is 340 g/mol. The van der Waals surface area contributed by atoms with Gasteiger partial charge in [0.05, 0.1) is 11.5 Å². The Bertz CT molecular complexity index is 664. The van der Waals surface area contributed by atoms with Crippen LogP contribution in [0.3, 0.4) is 0 Å². The van der Waals surface area contributed by atoms with Gasteiger partial charge in [-0.25, -0.2) is 8.42 Å². The van der Waals surface area contributed by atoms with Crippen LogP contribution in [0.5, 0.6) is 0 Å². The average Bonchev–Trinajstić information content (AvgIpc) is 2.51. The molecule has 2 amide bonds. The molecule has 1 aromatic carbocycles. The molecule has 0 bridgehead atoms. The summed E-state index contributed by atoms with van der Waals surface area (Å²) in [7, 11) is -3.19. The smallest absolute Gasteiger partial charge is 0.225 e. The minimum atomic E-state index is -3.19. The zero-order chi connectivity index (χ0) is 18.9. The molecule has 0 saturated carbocycles. The first kappa shape index (κ1) is 21.2. The summed E-state index contributed by atoms with van der Waals surface area (Å²) in [6.07, 6.45) is 0.549. The van der Waals surface area contributed by atoms with Crippen molar-refractivity contribution in [1.82, 2.24) is 10.6 Å². The van der Waals surface area contributed by atoms with Crippen LogP contribution in [0.4, 0.5) is 0 Å². The molecular formula is C18H28N2O4S. The molecule has 7 heteroatoms. The number of benzene rings is 1. The number of hydrogen-bond acceptors (Lipinski definition) is 4. The minimum Gasteiger partial charge on any atom is -0.356 e. The maximum atomic E-state index is 12.0. The molecule has 1 aromatic rings. The Morgan fingerprint density at radius 3 is 2.24 bits per heavy atom. The Morgan fingerprint density at radius 1 is 1.00 bits per heavy atom. The van der Waals surface area contributed by atoms with Gasteiger partial charge >= 0.3 is 0 Å². The van der Waals surface area contributed by atoms with Crippen LogP contribution in [0.15, 0.2) is 30.3 Å². The molecule has 6 nitrogen and oxygen atoms in total. The van der Waals surface area contributed by atoms with Crippen LogP contribution < -0.4 is 10.6 Å². The highest BCUT2D eigenvalue weighted by molar-refractivity contribution is 7.90. The Morgan fingerprint density at radius 2 is 1.64 bits per heavy atom. The second kappa shape index (κ2) is 9.56. The highest BCUT2D eigenvalue weighted by Gasteiger charge is 2.20. The van der Waals surface area contributed by atoms with Crippen molar-refractivity contribution in [2.24, 2.45) is 5.41 Å². The van der Waals surface area contributed by atoms with Crippen molar-refractivity contribution in [1.29, 1.82) is 0 Å². The van der Waals surface area contributed by atoms with Crippen molar-refractivity contribution in [3.05, 3.63) is 35.9 Å². The molecule has 25 heavy (non-hydrogen) atoms. The Hall–Kier alpha value is -1.89. The van der Waals surface area contributed by atoms with Gasteiger partial charge in [0.25, 0.3) is 0 Å². The number of hydrogen-bond donors (Lipinski definition) is 2. The lowest BCUT2D eigenvalue weighted by Crippen LogP contribution is -2.37. The van der Waals surface area contributed by atoms with E-state index in [1.54, 1.807) is 32.9 Å². The summed E-state index contributed by atoms with van der Waals surface area (Å²) in [4.78, 5) is 23.3. The van der Waals surface area contributed by atoms with Crippen LogP contribution in [0.2, 0.25) is 0 Å². The molecule has 0 saturated heterocycles. The summed E-state index contributed by atoms with van der Waals surface area (Å²) in [5.41, 5.74) is 0.282. The summed E-state index contributed by atoms with van der Waals surface area (Å²) < 4.78 is 24.1. The van der Waals surface area contributed by atoms with Crippen molar-refractivity contribution in [2.75, 3.05) is 18.8 Å². The molecule has 2 N–H and O–H groups in total. The number of carbonyl (C=O) groups excluding carboxylic acids is 2. The van der Waals surface area contributed by atoms with Crippen molar-refractivity contribution in [3.8, 4) is 0 Å².